The number of aromatic amines is 1. The van der Waals surface area contributed by atoms with Crippen molar-refractivity contribution in [2.24, 2.45) is 0 Å². The van der Waals surface area contributed by atoms with Crippen molar-refractivity contribution in [2.45, 2.75) is 0 Å². The SMILES string of the molecule is O=c1cccc2[nH]nc(-c3ccc(Br)s3)n12. The fourth-order valence-corrected chi connectivity index (χ4v) is 2.92. The van der Waals surface area contributed by atoms with Gasteiger partial charge in [-0.3, -0.25) is 9.89 Å². The van der Waals surface area contributed by atoms with E-state index in [1.807, 2.05) is 18.2 Å². The Balaban J connectivity index is 2.37. The Morgan fingerprint density at radius 3 is 2.94 bits per heavy atom. The maximum atomic E-state index is 11.7. The number of H-pyrrole nitrogens is 1. The molecule has 3 heterocycles. The number of nitrogens with zero attached hydrogens (tertiary/aromatic N) is 2. The zero-order valence-corrected chi connectivity index (χ0v) is 10.4. The van der Waals surface area contributed by atoms with E-state index in [0.29, 0.717) is 11.5 Å². The zero-order valence-electron chi connectivity index (χ0n) is 7.98. The Labute approximate surface area is 103 Å². The summed E-state index contributed by atoms with van der Waals surface area (Å²) in [6.45, 7) is 0. The van der Waals surface area contributed by atoms with Gasteiger partial charge in [-0.1, -0.05) is 6.07 Å². The van der Waals surface area contributed by atoms with Gasteiger partial charge in [0.05, 0.1) is 8.66 Å². The molecular weight excluding hydrogens is 290 g/mol. The third kappa shape index (κ3) is 1.42. The van der Waals surface area contributed by atoms with Gasteiger partial charge in [-0.25, -0.2) is 4.40 Å². The van der Waals surface area contributed by atoms with Gasteiger partial charge in [0.25, 0.3) is 5.56 Å². The summed E-state index contributed by atoms with van der Waals surface area (Å²) in [5.41, 5.74) is 0.623. The largest absolute Gasteiger partial charge is 0.269 e. The minimum Gasteiger partial charge on any atom is -0.269 e. The molecule has 0 spiro atoms. The maximum Gasteiger partial charge on any atom is 0.258 e. The van der Waals surface area contributed by atoms with Crippen molar-refractivity contribution in [3.05, 3.63) is 44.5 Å². The molecule has 0 aliphatic rings. The summed E-state index contributed by atoms with van der Waals surface area (Å²) >= 11 is 4.94. The highest BCUT2D eigenvalue weighted by Crippen LogP contribution is 2.29. The number of hydrogen-bond donors (Lipinski definition) is 1. The summed E-state index contributed by atoms with van der Waals surface area (Å²) in [4.78, 5) is 12.7. The molecule has 0 bridgehead atoms. The average molecular weight is 296 g/mol. The van der Waals surface area contributed by atoms with Crippen LogP contribution in [0.25, 0.3) is 16.3 Å². The normalized spacial score (nSPS) is 11.1. The van der Waals surface area contributed by atoms with Gasteiger partial charge >= 0.3 is 0 Å². The molecule has 0 fully saturated rings. The van der Waals surface area contributed by atoms with E-state index in [1.165, 1.54) is 6.07 Å². The van der Waals surface area contributed by atoms with Crippen molar-refractivity contribution in [2.75, 3.05) is 0 Å². The predicted molar refractivity (Wildman–Crippen MR) is 66.8 cm³/mol. The quantitative estimate of drug-likeness (QED) is 0.750. The summed E-state index contributed by atoms with van der Waals surface area (Å²) < 4.78 is 2.58. The molecule has 4 nitrogen and oxygen atoms in total. The molecule has 0 aliphatic carbocycles. The highest BCUT2D eigenvalue weighted by molar-refractivity contribution is 9.11. The number of fused-ring (bicyclic) bond motifs is 1. The van der Waals surface area contributed by atoms with Crippen molar-refractivity contribution in [1.82, 2.24) is 14.6 Å². The molecule has 0 saturated carbocycles. The Morgan fingerprint density at radius 1 is 1.31 bits per heavy atom. The first-order valence-electron chi connectivity index (χ1n) is 4.57. The van der Waals surface area contributed by atoms with Crippen LogP contribution in [-0.2, 0) is 0 Å². The van der Waals surface area contributed by atoms with Crippen LogP contribution in [0.15, 0.2) is 38.9 Å². The summed E-state index contributed by atoms with van der Waals surface area (Å²) in [5.74, 6) is 0.649. The zero-order chi connectivity index (χ0) is 11.1. The standard InChI is InChI=1S/C10H6BrN3OS/c11-7-5-4-6(16-7)10-13-12-8-2-1-3-9(15)14(8)10/h1-5,12H. The van der Waals surface area contributed by atoms with Gasteiger partial charge in [0, 0.05) is 6.07 Å². The monoisotopic (exact) mass is 295 g/mol. The third-order valence-electron chi connectivity index (χ3n) is 2.24. The summed E-state index contributed by atoms with van der Waals surface area (Å²) in [6, 6.07) is 8.93. The van der Waals surface area contributed by atoms with Crippen molar-refractivity contribution in [1.29, 1.82) is 0 Å². The second-order valence-electron chi connectivity index (χ2n) is 3.24. The molecule has 0 aromatic carbocycles. The molecular formula is C10H6BrN3OS. The number of hydrogen-bond acceptors (Lipinski definition) is 3. The second-order valence-corrected chi connectivity index (χ2v) is 5.70. The van der Waals surface area contributed by atoms with Gasteiger partial charge in [0.15, 0.2) is 5.82 Å². The van der Waals surface area contributed by atoms with Crippen molar-refractivity contribution in [3.8, 4) is 10.7 Å². The highest BCUT2D eigenvalue weighted by Gasteiger charge is 2.10. The molecule has 0 radical (unpaired) electrons. The molecule has 0 unspecified atom stereocenters. The van der Waals surface area contributed by atoms with Crippen LogP contribution in [0.2, 0.25) is 0 Å². The lowest BCUT2D eigenvalue weighted by molar-refractivity contribution is 1.10. The van der Waals surface area contributed by atoms with Gasteiger partial charge in [-0.15, -0.1) is 11.3 Å². The molecule has 0 saturated heterocycles. The topological polar surface area (TPSA) is 50.2 Å². The first kappa shape index (κ1) is 9.80. The summed E-state index contributed by atoms with van der Waals surface area (Å²) in [6.07, 6.45) is 0. The van der Waals surface area contributed by atoms with Gasteiger partial charge in [0.2, 0.25) is 0 Å². The van der Waals surface area contributed by atoms with E-state index in [2.05, 4.69) is 26.1 Å². The van der Waals surface area contributed by atoms with Crippen LogP contribution in [-0.4, -0.2) is 14.6 Å². The average Bonchev–Trinajstić information content (AvgIpc) is 2.84. The second kappa shape index (κ2) is 3.57. The van der Waals surface area contributed by atoms with Crippen molar-refractivity contribution < 1.29 is 0 Å². The summed E-state index contributed by atoms with van der Waals surface area (Å²) in [7, 11) is 0. The van der Waals surface area contributed by atoms with E-state index < -0.39 is 0 Å². The van der Waals surface area contributed by atoms with Gasteiger partial charge < -0.3 is 0 Å². The fourth-order valence-electron chi connectivity index (χ4n) is 1.56. The van der Waals surface area contributed by atoms with Crippen LogP contribution < -0.4 is 5.56 Å². The molecule has 1 N–H and O–H groups in total. The molecule has 6 heteroatoms. The minimum absolute atomic E-state index is 0.0780. The summed E-state index contributed by atoms with van der Waals surface area (Å²) in [5, 5.41) is 7.01. The van der Waals surface area contributed by atoms with Crippen molar-refractivity contribution >= 4 is 32.9 Å². The lowest BCUT2D eigenvalue weighted by atomic mass is 10.4. The predicted octanol–water partition coefficient (Wildman–Crippen LogP) is 2.51. The lowest BCUT2D eigenvalue weighted by Gasteiger charge is -1.94. The number of thiophene rings is 1. The maximum absolute atomic E-state index is 11.7. The van der Waals surface area contributed by atoms with Crippen LogP contribution in [0.5, 0.6) is 0 Å². The van der Waals surface area contributed by atoms with Gasteiger partial charge in [-0.05, 0) is 34.1 Å². The van der Waals surface area contributed by atoms with Gasteiger partial charge in [0.1, 0.15) is 5.65 Å². The Kier molecular flexibility index (Phi) is 2.19. The minimum atomic E-state index is -0.0780. The molecule has 0 aliphatic heterocycles. The molecule has 0 atom stereocenters. The molecule has 16 heavy (non-hydrogen) atoms. The van der Waals surface area contributed by atoms with E-state index in [0.717, 1.165) is 8.66 Å². The smallest absolute Gasteiger partial charge is 0.258 e. The van der Waals surface area contributed by atoms with Crippen LogP contribution in [0.3, 0.4) is 0 Å². The Morgan fingerprint density at radius 2 is 2.19 bits per heavy atom. The first-order valence-corrected chi connectivity index (χ1v) is 6.18. The van der Waals surface area contributed by atoms with E-state index in [1.54, 1.807) is 21.8 Å². The number of pyridine rings is 1. The fraction of sp³-hybridized carbons (Fsp3) is 0. The van der Waals surface area contributed by atoms with E-state index in [4.69, 9.17) is 0 Å². The number of rotatable bonds is 1. The molecule has 3 rings (SSSR count). The van der Waals surface area contributed by atoms with Crippen LogP contribution in [0.1, 0.15) is 0 Å². The number of nitrogens with one attached hydrogen (secondary N) is 1. The molecule has 80 valence electrons. The van der Waals surface area contributed by atoms with E-state index in [9.17, 15) is 4.79 Å². The van der Waals surface area contributed by atoms with Gasteiger partial charge in [-0.2, -0.15) is 5.10 Å². The van der Waals surface area contributed by atoms with E-state index in [-0.39, 0.29) is 5.56 Å². The van der Waals surface area contributed by atoms with E-state index >= 15 is 0 Å². The molecule has 3 aromatic rings. The molecule has 0 amide bonds. The van der Waals surface area contributed by atoms with Crippen LogP contribution in [0.4, 0.5) is 0 Å². The van der Waals surface area contributed by atoms with Crippen LogP contribution >= 0.6 is 27.3 Å². The first-order chi connectivity index (χ1) is 7.75. The Bertz CT molecular complexity index is 712. The third-order valence-corrected chi connectivity index (χ3v) is 3.86. The number of aromatic nitrogens is 3. The lowest BCUT2D eigenvalue weighted by Crippen LogP contribution is -2.10. The highest BCUT2D eigenvalue weighted by atomic mass is 79.9. The Hall–Kier alpha value is -1.40. The number of halogens is 1. The molecule has 3 aromatic heterocycles. The van der Waals surface area contributed by atoms with Crippen molar-refractivity contribution in [3.63, 3.8) is 0 Å². The van der Waals surface area contributed by atoms with Crippen LogP contribution in [0, 0.1) is 0 Å².